The van der Waals surface area contributed by atoms with Gasteiger partial charge < -0.3 is 28.4 Å². The number of benzene rings is 3. The largest absolute Gasteiger partial charge is 0.491 e. The molecule has 2 fully saturated rings. The predicted octanol–water partition coefficient (Wildman–Crippen LogP) is 9.40. The number of hydrogen-bond acceptors (Lipinski definition) is 13. The Kier molecular flexibility index (Phi) is 16.0. The highest BCUT2D eigenvalue weighted by Gasteiger charge is 2.33. The molecule has 2 aliphatic carbocycles. The molecule has 0 saturated heterocycles. The summed E-state index contributed by atoms with van der Waals surface area (Å²) in [6.07, 6.45) is 10.1. The Hall–Kier alpha value is -5.18. The lowest BCUT2D eigenvalue weighted by Gasteiger charge is -2.29. The van der Waals surface area contributed by atoms with Crippen LogP contribution >= 0.6 is 11.3 Å². The molecule has 314 valence electrons. The molecule has 0 bridgehead atoms. The number of nitro groups is 1. The van der Waals surface area contributed by atoms with Gasteiger partial charge in [-0.15, -0.1) is 11.3 Å². The number of non-ortho nitro benzene ring substituents is 1. The van der Waals surface area contributed by atoms with E-state index in [4.69, 9.17) is 33.4 Å². The second kappa shape index (κ2) is 21.7. The van der Waals surface area contributed by atoms with Crippen LogP contribution in [0.15, 0.2) is 73.3 Å². The highest BCUT2D eigenvalue weighted by molar-refractivity contribution is 7.22. The molecule has 1 aromatic heterocycles. The first-order valence-electron chi connectivity index (χ1n) is 20.5. The first-order valence-corrected chi connectivity index (χ1v) is 21.3. The van der Waals surface area contributed by atoms with Crippen LogP contribution in [0.1, 0.15) is 82.6 Å². The number of esters is 3. The Labute approximate surface area is 348 Å². The molecule has 0 N–H and O–H groups in total. The average Bonchev–Trinajstić information content (AvgIpc) is 3.72. The van der Waals surface area contributed by atoms with Crippen LogP contribution in [0.2, 0.25) is 0 Å². The SMILES string of the molecule is C=CC(=O)OCCOCCOCCOc1ccc(OC(=O)C2CCC(C(=O)Oc3ccc(C4CCC(CCC)CC4)c4nc(-c5ccc([N+](=O)[O-])cc5)sc34)CC2)cc1. The quantitative estimate of drug-likeness (QED) is 0.0207. The van der Waals surface area contributed by atoms with Crippen molar-refractivity contribution in [3.05, 3.63) is 89.0 Å². The van der Waals surface area contributed by atoms with Crippen molar-refractivity contribution in [2.75, 3.05) is 39.6 Å². The van der Waals surface area contributed by atoms with Gasteiger partial charge in [0.2, 0.25) is 0 Å². The van der Waals surface area contributed by atoms with E-state index >= 15 is 0 Å². The molecule has 4 aromatic rings. The Morgan fingerprint density at radius 2 is 1.39 bits per heavy atom. The number of hydrogen-bond donors (Lipinski definition) is 0. The fraction of sp³-hybridized carbons (Fsp3) is 0.467. The van der Waals surface area contributed by atoms with Gasteiger partial charge in [-0.3, -0.25) is 19.7 Å². The first-order chi connectivity index (χ1) is 28.7. The van der Waals surface area contributed by atoms with Crippen molar-refractivity contribution in [1.82, 2.24) is 4.98 Å². The summed E-state index contributed by atoms with van der Waals surface area (Å²) >= 11 is 1.43. The summed E-state index contributed by atoms with van der Waals surface area (Å²) in [5, 5.41) is 12.0. The van der Waals surface area contributed by atoms with E-state index in [1.165, 1.54) is 49.2 Å². The molecule has 0 aliphatic heterocycles. The third kappa shape index (κ3) is 12.2. The van der Waals surface area contributed by atoms with Crippen molar-refractivity contribution in [2.45, 2.75) is 77.0 Å². The second-order valence-corrected chi connectivity index (χ2v) is 16.0. The van der Waals surface area contributed by atoms with Gasteiger partial charge in [-0.2, -0.15) is 0 Å². The van der Waals surface area contributed by atoms with Crippen LogP contribution in [0.3, 0.4) is 0 Å². The number of nitro benzene ring substituents is 1. The highest BCUT2D eigenvalue weighted by Crippen LogP contribution is 2.45. The fourth-order valence-electron chi connectivity index (χ4n) is 7.79. The fourth-order valence-corrected chi connectivity index (χ4v) is 8.85. The molecule has 0 radical (unpaired) electrons. The average molecular weight is 829 g/mol. The lowest BCUT2D eigenvalue weighted by atomic mass is 9.77. The molecule has 59 heavy (non-hydrogen) atoms. The molecule has 6 rings (SSSR count). The first kappa shape index (κ1) is 43.4. The number of aromatic nitrogens is 1. The van der Waals surface area contributed by atoms with Gasteiger partial charge in [0.1, 0.15) is 35.5 Å². The van der Waals surface area contributed by atoms with Gasteiger partial charge in [0.05, 0.1) is 53.4 Å². The molecule has 3 aromatic carbocycles. The number of carbonyl (C=O) groups excluding carboxylic acids is 3. The zero-order valence-corrected chi connectivity index (χ0v) is 34.3. The van der Waals surface area contributed by atoms with E-state index in [9.17, 15) is 24.5 Å². The van der Waals surface area contributed by atoms with Crippen molar-refractivity contribution >= 4 is 45.1 Å². The normalized spacial score (nSPS) is 19.1. The third-order valence-electron chi connectivity index (χ3n) is 11.0. The second-order valence-electron chi connectivity index (χ2n) is 15.0. The number of ether oxygens (including phenoxy) is 6. The van der Waals surface area contributed by atoms with E-state index in [2.05, 4.69) is 19.6 Å². The van der Waals surface area contributed by atoms with Crippen LogP contribution in [0.5, 0.6) is 17.2 Å². The van der Waals surface area contributed by atoms with Crippen molar-refractivity contribution < 1.29 is 47.7 Å². The summed E-state index contributed by atoms with van der Waals surface area (Å²) < 4.78 is 33.9. The van der Waals surface area contributed by atoms with Crippen molar-refractivity contribution in [3.8, 4) is 27.8 Å². The molecule has 0 unspecified atom stereocenters. The Balaban J connectivity index is 0.980. The van der Waals surface area contributed by atoms with Crippen molar-refractivity contribution in [3.63, 3.8) is 0 Å². The van der Waals surface area contributed by atoms with E-state index in [1.807, 2.05) is 6.07 Å². The number of nitrogens with zero attached hydrogens (tertiary/aromatic N) is 2. The zero-order valence-electron chi connectivity index (χ0n) is 33.5. The summed E-state index contributed by atoms with van der Waals surface area (Å²) in [5.74, 6) is 0.778. The van der Waals surface area contributed by atoms with E-state index in [0.717, 1.165) is 46.2 Å². The Morgan fingerprint density at radius 3 is 2.02 bits per heavy atom. The van der Waals surface area contributed by atoms with Crippen LogP contribution in [0.4, 0.5) is 5.69 Å². The van der Waals surface area contributed by atoms with Gasteiger partial charge in [0.15, 0.2) is 0 Å². The van der Waals surface area contributed by atoms with Gasteiger partial charge in [-0.25, -0.2) is 9.78 Å². The summed E-state index contributed by atoms with van der Waals surface area (Å²) in [5.41, 5.74) is 2.77. The summed E-state index contributed by atoms with van der Waals surface area (Å²) in [6, 6.07) is 17.1. The van der Waals surface area contributed by atoms with Crippen LogP contribution < -0.4 is 14.2 Å². The van der Waals surface area contributed by atoms with Gasteiger partial charge in [0, 0.05) is 23.8 Å². The van der Waals surface area contributed by atoms with Gasteiger partial charge >= 0.3 is 17.9 Å². The van der Waals surface area contributed by atoms with Crippen molar-refractivity contribution in [2.24, 2.45) is 17.8 Å². The Bertz CT molecular complexity index is 2030. The summed E-state index contributed by atoms with van der Waals surface area (Å²) in [4.78, 5) is 53.6. The molecule has 14 heteroatoms. The van der Waals surface area contributed by atoms with Crippen LogP contribution in [-0.4, -0.2) is 67.5 Å². The molecule has 0 atom stereocenters. The highest BCUT2D eigenvalue weighted by atomic mass is 32.1. The summed E-state index contributed by atoms with van der Waals surface area (Å²) in [7, 11) is 0. The molecule has 0 spiro atoms. The molecular formula is C45H52N2O11S. The maximum atomic E-state index is 13.6. The third-order valence-corrected chi connectivity index (χ3v) is 12.1. The van der Waals surface area contributed by atoms with Crippen molar-refractivity contribution in [1.29, 1.82) is 0 Å². The van der Waals surface area contributed by atoms with Crippen LogP contribution in [0, 0.1) is 27.9 Å². The summed E-state index contributed by atoms with van der Waals surface area (Å²) in [6.45, 7) is 7.41. The minimum absolute atomic E-state index is 0.0134. The zero-order chi connectivity index (χ0) is 41.6. The maximum absolute atomic E-state index is 13.6. The van der Waals surface area contributed by atoms with E-state index in [1.54, 1.807) is 36.4 Å². The lowest BCUT2D eigenvalue weighted by Crippen LogP contribution is -2.30. The van der Waals surface area contributed by atoms with E-state index in [-0.39, 0.29) is 42.7 Å². The van der Waals surface area contributed by atoms with Crippen LogP contribution in [-0.2, 0) is 28.6 Å². The van der Waals surface area contributed by atoms with E-state index in [0.29, 0.717) is 80.3 Å². The van der Waals surface area contributed by atoms with Gasteiger partial charge in [-0.1, -0.05) is 32.4 Å². The predicted molar refractivity (Wildman–Crippen MR) is 223 cm³/mol. The van der Waals surface area contributed by atoms with Gasteiger partial charge in [-0.05, 0) is 111 Å². The molecule has 1 heterocycles. The maximum Gasteiger partial charge on any atom is 0.330 e. The smallest absolute Gasteiger partial charge is 0.330 e. The molecule has 0 amide bonds. The number of thiazole rings is 1. The standard InChI is InChI=1S/C45H52N2O11S/c1-3-5-30-6-8-31(9-7-30)38-22-23-39(42-41(38)46-43(59-42)32-14-16-35(17-15-32)47(51)52)58-45(50)34-12-10-33(11-13-34)44(49)57-37-20-18-36(19-21-37)55-28-26-53-24-25-54-27-29-56-40(48)4-2/h4,14-23,30-31,33-34H,2-3,5-13,24-29H2,1H3. The van der Waals surface area contributed by atoms with E-state index < -0.39 is 10.9 Å². The minimum Gasteiger partial charge on any atom is -0.491 e. The minimum atomic E-state index is -0.487. The van der Waals surface area contributed by atoms with Crippen LogP contribution in [0.25, 0.3) is 20.8 Å². The monoisotopic (exact) mass is 828 g/mol. The number of carbonyl (C=O) groups is 3. The Morgan fingerprint density at radius 1 is 0.780 bits per heavy atom. The molecule has 2 aliphatic rings. The topological polar surface area (TPSA) is 163 Å². The molecule has 2 saturated carbocycles. The number of rotatable bonds is 20. The number of fused-ring (bicyclic) bond motifs is 1. The molecule has 13 nitrogen and oxygen atoms in total. The van der Waals surface area contributed by atoms with Gasteiger partial charge in [0.25, 0.3) is 5.69 Å². The molecular weight excluding hydrogens is 777 g/mol. The lowest BCUT2D eigenvalue weighted by molar-refractivity contribution is -0.384.